The third-order valence-electron chi connectivity index (χ3n) is 3.52. The summed E-state index contributed by atoms with van der Waals surface area (Å²) in [5.41, 5.74) is 1.42. The number of ether oxygens (including phenoxy) is 3. The highest BCUT2D eigenvalue weighted by Gasteiger charge is 2.20. The number of nitrogens with zero attached hydrogens (tertiary/aromatic N) is 1. The summed E-state index contributed by atoms with van der Waals surface area (Å²) < 4.78 is 16.7. The van der Waals surface area contributed by atoms with E-state index in [-0.39, 0.29) is 5.78 Å². The fraction of sp³-hybridized carbons (Fsp3) is 0.250. The summed E-state index contributed by atoms with van der Waals surface area (Å²) in [5, 5.41) is 0. The minimum Gasteiger partial charge on any atom is -0.493 e. The molecule has 0 aliphatic rings. The monoisotopic (exact) mass is 341 g/mol. The molecule has 0 bridgehead atoms. The SMILES string of the molecule is COc1ccc(C(=O)C=CN(C)C)c(OCc2ccccc2)c1OC. The second-order valence-corrected chi connectivity index (χ2v) is 5.60. The Balaban J connectivity index is 2.39. The number of rotatable bonds is 8. The number of ketones is 1. The summed E-state index contributed by atoms with van der Waals surface area (Å²) in [4.78, 5) is 14.4. The van der Waals surface area contributed by atoms with E-state index in [0.717, 1.165) is 5.56 Å². The number of carbonyl (C=O) groups is 1. The van der Waals surface area contributed by atoms with Gasteiger partial charge in [-0.25, -0.2) is 0 Å². The van der Waals surface area contributed by atoms with Gasteiger partial charge in [0.15, 0.2) is 17.3 Å². The number of allylic oxidation sites excluding steroid dienone is 1. The Morgan fingerprint density at radius 1 is 1.00 bits per heavy atom. The van der Waals surface area contributed by atoms with Gasteiger partial charge in [-0.05, 0) is 17.7 Å². The quantitative estimate of drug-likeness (QED) is 0.543. The maximum absolute atomic E-state index is 12.6. The van der Waals surface area contributed by atoms with Gasteiger partial charge in [0.05, 0.1) is 19.8 Å². The van der Waals surface area contributed by atoms with E-state index in [1.165, 1.54) is 13.2 Å². The molecule has 5 nitrogen and oxygen atoms in total. The molecule has 2 aromatic carbocycles. The molecule has 0 heterocycles. The van der Waals surface area contributed by atoms with Crippen molar-refractivity contribution in [2.45, 2.75) is 6.61 Å². The molecule has 2 rings (SSSR count). The lowest BCUT2D eigenvalue weighted by Gasteiger charge is -2.16. The highest BCUT2D eigenvalue weighted by Crippen LogP contribution is 2.40. The molecule has 0 aliphatic heterocycles. The van der Waals surface area contributed by atoms with Gasteiger partial charge in [-0.3, -0.25) is 4.79 Å². The van der Waals surface area contributed by atoms with Gasteiger partial charge in [-0.2, -0.15) is 0 Å². The van der Waals surface area contributed by atoms with Crippen molar-refractivity contribution < 1.29 is 19.0 Å². The molecule has 0 amide bonds. The van der Waals surface area contributed by atoms with E-state index in [1.54, 1.807) is 30.3 Å². The van der Waals surface area contributed by atoms with E-state index < -0.39 is 0 Å². The van der Waals surface area contributed by atoms with Crippen molar-refractivity contribution in [3.05, 3.63) is 65.9 Å². The normalized spacial score (nSPS) is 10.6. The Bertz CT molecular complexity index is 739. The van der Waals surface area contributed by atoms with Crippen LogP contribution in [-0.4, -0.2) is 39.0 Å². The summed E-state index contributed by atoms with van der Waals surface area (Å²) in [6.07, 6.45) is 3.19. The Labute approximate surface area is 148 Å². The zero-order valence-electron chi connectivity index (χ0n) is 15.0. The first-order valence-electron chi connectivity index (χ1n) is 7.87. The highest BCUT2D eigenvalue weighted by molar-refractivity contribution is 6.07. The van der Waals surface area contributed by atoms with Crippen LogP contribution in [0, 0.1) is 0 Å². The molecule has 0 unspecified atom stereocenters. The van der Waals surface area contributed by atoms with Gasteiger partial charge in [0.2, 0.25) is 5.75 Å². The summed E-state index contributed by atoms with van der Waals surface area (Å²) in [7, 11) is 6.78. The first kappa shape index (κ1) is 18.4. The first-order valence-corrected chi connectivity index (χ1v) is 7.87. The summed E-state index contributed by atoms with van der Waals surface area (Å²) in [6.45, 7) is 0.321. The minimum absolute atomic E-state index is 0.169. The Morgan fingerprint density at radius 2 is 1.72 bits per heavy atom. The average molecular weight is 341 g/mol. The van der Waals surface area contributed by atoms with Crippen molar-refractivity contribution in [3.8, 4) is 17.2 Å². The predicted molar refractivity (Wildman–Crippen MR) is 97.5 cm³/mol. The fourth-order valence-electron chi connectivity index (χ4n) is 2.27. The average Bonchev–Trinajstić information content (AvgIpc) is 2.64. The zero-order chi connectivity index (χ0) is 18.2. The molecule has 25 heavy (non-hydrogen) atoms. The van der Waals surface area contributed by atoms with Crippen LogP contribution >= 0.6 is 0 Å². The molecule has 0 fully saturated rings. The largest absolute Gasteiger partial charge is 0.493 e. The molecule has 0 N–H and O–H groups in total. The number of carbonyl (C=O) groups excluding carboxylic acids is 1. The number of hydrogen-bond donors (Lipinski definition) is 0. The van der Waals surface area contributed by atoms with Crippen molar-refractivity contribution in [1.29, 1.82) is 0 Å². The lowest BCUT2D eigenvalue weighted by Crippen LogP contribution is -2.07. The number of hydrogen-bond acceptors (Lipinski definition) is 5. The lowest BCUT2D eigenvalue weighted by molar-refractivity contribution is 0.104. The third-order valence-corrected chi connectivity index (χ3v) is 3.52. The summed E-state index contributed by atoms with van der Waals surface area (Å²) >= 11 is 0. The van der Waals surface area contributed by atoms with Gasteiger partial charge in [0, 0.05) is 26.4 Å². The lowest BCUT2D eigenvalue weighted by atomic mass is 10.1. The maximum atomic E-state index is 12.6. The van der Waals surface area contributed by atoms with Crippen LogP contribution in [0.1, 0.15) is 15.9 Å². The van der Waals surface area contributed by atoms with Crippen LogP contribution in [-0.2, 0) is 6.61 Å². The van der Waals surface area contributed by atoms with Crippen LogP contribution in [0.3, 0.4) is 0 Å². The fourth-order valence-corrected chi connectivity index (χ4v) is 2.27. The standard InChI is InChI=1S/C20H23NO4/c1-21(2)13-12-17(22)16-10-11-18(23-3)20(24-4)19(16)25-14-15-8-6-5-7-9-15/h5-13H,14H2,1-4H3. The van der Waals surface area contributed by atoms with Gasteiger partial charge >= 0.3 is 0 Å². The maximum Gasteiger partial charge on any atom is 0.204 e. The molecule has 5 heteroatoms. The highest BCUT2D eigenvalue weighted by atomic mass is 16.5. The van der Waals surface area contributed by atoms with Crippen molar-refractivity contribution in [2.75, 3.05) is 28.3 Å². The van der Waals surface area contributed by atoms with E-state index in [0.29, 0.717) is 29.4 Å². The van der Waals surface area contributed by atoms with Gasteiger partial charge in [-0.15, -0.1) is 0 Å². The second kappa shape index (κ2) is 8.78. The molecule has 132 valence electrons. The first-order chi connectivity index (χ1) is 12.1. The molecular weight excluding hydrogens is 318 g/mol. The van der Waals surface area contributed by atoms with E-state index in [9.17, 15) is 4.79 Å². The van der Waals surface area contributed by atoms with Gasteiger partial charge in [-0.1, -0.05) is 30.3 Å². The van der Waals surface area contributed by atoms with Gasteiger partial charge in [0.25, 0.3) is 0 Å². The zero-order valence-corrected chi connectivity index (χ0v) is 15.0. The van der Waals surface area contributed by atoms with Crippen molar-refractivity contribution in [1.82, 2.24) is 4.90 Å². The predicted octanol–water partition coefficient (Wildman–Crippen LogP) is 3.54. The van der Waals surface area contributed by atoms with E-state index in [4.69, 9.17) is 14.2 Å². The molecule has 2 aromatic rings. The molecule has 0 aliphatic carbocycles. The van der Waals surface area contributed by atoms with Crippen LogP contribution in [0.25, 0.3) is 0 Å². The van der Waals surface area contributed by atoms with E-state index in [2.05, 4.69) is 0 Å². The van der Waals surface area contributed by atoms with Crippen molar-refractivity contribution in [3.63, 3.8) is 0 Å². The molecule has 0 saturated carbocycles. The van der Waals surface area contributed by atoms with Crippen LogP contribution in [0.2, 0.25) is 0 Å². The Morgan fingerprint density at radius 3 is 2.32 bits per heavy atom. The van der Waals surface area contributed by atoms with Crippen LogP contribution in [0.4, 0.5) is 0 Å². The molecule has 0 spiro atoms. The van der Waals surface area contributed by atoms with Crippen LogP contribution < -0.4 is 14.2 Å². The summed E-state index contributed by atoms with van der Waals surface area (Å²) in [5.74, 6) is 1.12. The topological polar surface area (TPSA) is 48.0 Å². The Kier molecular flexibility index (Phi) is 6.46. The number of benzene rings is 2. The Hall–Kier alpha value is -2.95. The van der Waals surface area contributed by atoms with E-state index in [1.807, 2.05) is 44.4 Å². The molecule has 0 atom stereocenters. The van der Waals surface area contributed by atoms with Crippen molar-refractivity contribution >= 4 is 5.78 Å². The number of methoxy groups -OCH3 is 2. The van der Waals surface area contributed by atoms with E-state index >= 15 is 0 Å². The molecule has 0 aromatic heterocycles. The second-order valence-electron chi connectivity index (χ2n) is 5.60. The van der Waals surface area contributed by atoms with Crippen molar-refractivity contribution in [2.24, 2.45) is 0 Å². The van der Waals surface area contributed by atoms with Gasteiger partial charge in [0.1, 0.15) is 6.61 Å². The smallest absolute Gasteiger partial charge is 0.204 e. The molecule has 0 saturated heterocycles. The summed E-state index contributed by atoms with van der Waals surface area (Å²) in [6, 6.07) is 13.1. The minimum atomic E-state index is -0.169. The molecular formula is C20H23NO4. The van der Waals surface area contributed by atoms with Crippen LogP contribution in [0.15, 0.2) is 54.7 Å². The van der Waals surface area contributed by atoms with Crippen LogP contribution in [0.5, 0.6) is 17.2 Å². The van der Waals surface area contributed by atoms with Gasteiger partial charge < -0.3 is 19.1 Å². The third kappa shape index (κ3) is 4.76. The molecule has 0 radical (unpaired) electrons.